The lowest BCUT2D eigenvalue weighted by atomic mass is 9.89. The summed E-state index contributed by atoms with van der Waals surface area (Å²) in [5.41, 5.74) is 5.45. The molecule has 3 amide bonds. The monoisotopic (exact) mass is 534 g/mol. The second-order valence-electron chi connectivity index (χ2n) is 11.2. The van der Waals surface area contributed by atoms with E-state index < -0.39 is 12.1 Å². The first-order chi connectivity index (χ1) is 19.4. The highest BCUT2D eigenvalue weighted by molar-refractivity contribution is 6.04. The third-order valence-electron chi connectivity index (χ3n) is 8.09. The van der Waals surface area contributed by atoms with Crippen LogP contribution in [-0.2, 0) is 22.4 Å². The number of hydrogen-bond acceptors (Lipinski definition) is 3. The highest BCUT2D eigenvalue weighted by Crippen LogP contribution is 2.46. The third kappa shape index (κ3) is 4.66. The number of hydrogen-bond donors (Lipinski definition) is 3. The number of amides is 3. The van der Waals surface area contributed by atoms with E-state index in [-0.39, 0.29) is 23.8 Å². The Kier molecular flexibility index (Phi) is 6.88. The van der Waals surface area contributed by atoms with E-state index in [0.717, 1.165) is 39.7 Å². The lowest BCUT2D eigenvalue weighted by molar-refractivity contribution is -0.132. The molecular formula is C33H34N4O3. The summed E-state index contributed by atoms with van der Waals surface area (Å²) < 4.78 is 0. The van der Waals surface area contributed by atoms with E-state index in [1.165, 1.54) is 0 Å². The molecule has 0 saturated heterocycles. The number of carbonyl (C=O) groups is 3. The van der Waals surface area contributed by atoms with Crippen LogP contribution in [0.5, 0.6) is 0 Å². The van der Waals surface area contributed by atoms with Gasteiger partial charge in [-0.05, 0) is 41.2 Å². The van der Waals surface area contributed by atoms with Gasteiger partial charge in [-0.2, -0.15) is 0 Å². The summed E-state index contributed by atoms with van der Waals surface area (Å²) in [6.45, 7) is 4.76. The van der Waals surface area contributed by atoms with E-state index in [1.54, 1.807) is 4.90 Å². The highest BCUT2D eigenvalue weighted by Gasteiger charge is 2.49. The Balaban J connectivity index is 1.34. The molecule has 3 aromatic carbocycles. The van der Waals surface area contributed by atoms with Crippen molar-refractivity contribution < 1.29 is 14.4 Å². The zero-order chi connectivity index (χ0) is 27.8. The lowest BCUT2D eigenvalue weighted by Crippen LogP contribution is -2.57. The molecule has 40 heavy (non-hydrogen) atoms. The summed E-state index contributed by atoms with van der Waals surface area (Å²) in [4.78, 5) is 46.4. The van der Waals surface area contributed by atoms with Crippen molar-refractivity contribution in [3.8, 4) is 0 Å². The van der Waals surface area contributed by atoms with Crippen LogP contribution in [0.2, 0.25) is 0 Å². The van der Waals surface area contributed by atoms with Crippen molar-refractivity contribution >= 4 is 28.6 Å². The molecule has 6 rings (SSSR count). The molecule has 0 bridgehead atoms. The van der Waals surface area contributed by atoms with Crippen LogP contribution in [0.15, 0.2) is 78.9 Å². The van der Waals surface area contributed by atoms with E-state index in [9.17, 15) is 14.4 Å². The molecule has 0 fully saturated rings. The molecule has 1 unspecified atom stereocenters. The molecule has 3 heterocycles. The standard InChI is InChI=1S/C33H34N4O3/c1-20(2)16-17-34-31(38)27(18-21-10-4-3-5-11-21)36-32(39)28-19-25-22-12-8-9-15-26(22)35-29(25)30-23-13-6-7-14-24(23)33(40)37(28)30/h3-15,20,27-28,30,35H,16-19H2,1-2H3,(H,34,38)(H,36,39)/t27-,28-,30?/m0/s1. The third-order valence-corrected chi connectivity index (χ3v) is 8.09. The van der Waals surface area contributed by atoms with Gasteiger partial charge in [0.15, 0.2) is 0 Å². The predicted molar refractivity (Wildman–Crippen MR) is 155 cm³/mol. The van der Waals surface area contributed by atoms with Gasteiger partial charge in [-0.25, -0.2) is 0 Å². The number of fused-ring (bicyclic) bond motifs is 7. The van der Waals surface area contributed by atoms with Crippen LogP contribution in [0.3, 0.4) is 0 Å². The van der Waals surface area contributed by atoms with E-state index in [2.05, 4.69) is 35.5 Å². The number of aromatic amines is 1. The first-order valence-electron chi connectivity index (χ1n) is 14.1. The van der Waals surface area contributed by atoms with Gasteiger partial charge in [0.2, 0.25) is 11.8 Å². The maximum atomic E-state index is 14.1. The Hall–Kier alpha value is -4.39. The Morgan fingerprint density at radius 1 is 0.975 bits per heavy atom. The van der Waals surface area contributed by atoms with Gasteiger partial charge in [-0.1, -0.05) is 80.6 Å². The molecule has 7 heteroatoms. The van der Waals surface area contributed by atoms with Gasteiger partial charge < -0.3 is 20.5 Å². The molecule has 1 aromatic heterocycles. The molecule has 2 aliphatic heterocycles. The van der Waals surface area contributed by atoms with Gasteiger partial charge in [0.05, 0.1) is 6.04 Å². The molecule has 3 atom stereocenters. The molecule has 4 aromatic rings. The molecular weight excluding hydrogens is 500 g/mol. The number of carbonyl (C=O) groups excluding carboxylic acids is 3. The Morgan fingerprint density at radius 2 is 1.70 bits per heavy atom. The molecule has 2 aliphatic rings. The number of H-pyrrole nitrogens is 1. The van der Waals surface area contributed by atoms with Crippen molar-refractivity contribution in [1.82, 2.24) is 20.5 Å². The van der Waals surface area contributed by atoms with Crippen molar-refractivity contribution in [3.05, 3.63) is 107 Å². The number of para-hydroxylation sites is 1. The van der Waals surface area contributed by atoms with Crippen molar-refractivity contribution in [1.29, 1.82) is 0 Å². The summed E-state index contributed by atoms with van der Waals surface area (Å²) in [5.74, 6) is -0.239. The van der Waals surface area contributed by atoms with E-state index in [1.807, 2.05) is 72.8 Å². The van der Waals surface area contributed by atoms with E-state index >= 15 is 0 Å². The molecule has 0 aliphatic carbocycles. The van der Waals surface area contributed by atoms with Crippen LogP contribution in [-0.4, -0.2) is 46.2 Å². The van der Waals surface area contributed by atoms with Gasteiger partial charge in [0, 0.05) is 41.5 Å². The summed E-state index contributed by atoms with van der Waals surface area (Å²) in [5, 5.41) is 7.11. The van der Waals surface area contributed by atoms with Gasteiger partial charge >= 0.3 is 0 Å². The van der Waals surface area contributed by atoms with Gasteiger partial charge in [0.1, 0.15) is 12.1 Å². The number of nitrogens with zero attached hydrogens (tertiary/aromatic N) is 1. The first-order valence-corrected chi connectivity index (χ1v) is 14.1. The fraction of sp³-hybridized carbons (Fsp3) is 0.303. The smallest absolute Gasteiger partial charge is 0.255 e. The number of aromatic nitrogens is 1. The van der Waals surface area contributed by atoms with Crippen LogP contribution in [0.25, 0.3) is 10.9 Å². The zero-order valence-electron chi connectivity index (χ0n) is 22.8. The van der Waals surface area contributed by atoms with Crippen molar-refractivity contribution in [2.45, 2.75) is 51.2 Å². The average Bonchev–Trinajstić information content (AvgIpc) is 3.48. The van der Waals surface area contributed by atoms with Crippen LogP contribution in [0.4, 0.5) is 0 Å². The van der Waals surface area contributed by atoms with Crippen molar-refractivity contribution in [2.75, 3.05) is 6.54 Å². The highest BCUT2D eigenvalue weighted by atomic mass is 16.2. The van der Waals surface area contributed by atoms with Crippen LogP contribution in [0, 0.1) is 5.92 Å². The first kappa shape index (κ1) is 25.9. The molecule has 0 spiro atoms. The Morgan fingerprint density at radius 3 is 2.50 bits per heavy atom. The fourth-order valence-electron chi connectivity index (χ4n) is 6.07. The fourth-order valence-corrected chi connectivity index (χ4v) is 6.07. The minimum atomic E-state index is -0.759. The number of rotatable bonds is 8. The average molecular weight is 535 g/mol. The predicted octanol–water partition coefficient (Wildman–Crippen LogP) is 4.53. The second kappa shape index (κ2) is 10.6. The Labute approximate surface area is 234 Å². The SMILES string of the molecule is CC(C)CCNC(=O)[C@H](Cc1ccccc1)NC(=O)[C@@H]1Cc2c([nH]c3ccccc23)C2c3ccccc3C(=O)N21. The normalized spacial score (nSPS) is 18.3. The largest absolute Gasteiger partial charge is 0.356 e. The Bertz CT molecular complexity index is 1580. The molecule has 204 valence electrons. The minimum absolute atomic E-state index is 0.161. The van der Waals surface area contributed by atoms with E-state index in [4.69, 9.17) is 0 Å². The van der Waals surface area contributed by atoms with Gasteiger partial charge in [0.25, 0.3) is 5.91 Å². The molecule has 0 radical (unpaired) electrons. The summed E-state index contributed by atoms with van der Waals surface area (Å²) in [6.07, 6.45) is 1.59. The lowest BCUT2D eigenvalue weighted by Gasteiger charge is -2.37. The molecule has 0 saturated carbocycles. The molecule has 3 N–H and O–H groups in total. The molecule has 7 nitrogen and oxygen atoms in total. The maximum absolute atomic E-state index is 14.1. The van der Waals surface area contributed by atoms with Gasteiger partial charge in [-0.15, -0.1) is 0 Å². The van der Waals surface area contributed by atoms with Crippen LogP contribution < -0.4 is 10.6 Å². The summed E-state index contributed by atoms with van der Waals surface area (Å²) >= 11 is 0. The number of benzene rings is 3. The van der Waals surface area contributed by atoms with Gasteiger partial charge in [-0.3, -0.25) is 14.4 Å². The summed E-state index contributed by atoms with van der Waals surface area (Å²) in [6, 6.07) is 23.4. The van der Waals surface area contributed by atoms with Crippen molar-refractivity contribution in [2.24, 2.45) is 5.92 Å². The van der Waals surface area contributed by atoms with Crippen LogP contribution >= 0.6 is 0 Å². The van der Waals surface area contributed by atoms with Crippen molar-refractivity contribution in [3.63, 3.8) is 0 Å². The zero-order valence-corrected chi connectivity index (χ0v) is 22.8. The second-order valence-corrected chi connectivity index (χ2v) is 11.2. The topological polar surface area (TPSA) is 94.3 Å². The summed E-state index contributed by atoms with van der Waals surface area (Å²) in [7, 11) is 0. The minimum Gasteiger partial charge on any atom is -0.356 e. The quantitative estimate of drug-likeness (QED) is 0.310. The maximum Gasteiger partial charge on any atom is 0.255 e. The van der Waals surface area contributed by atoms with E-state index in [0.29, 0.717) is 30.9 Å². The van der Waals surface area contributed by atoms with Crippen LogP contribution in [0.1, 0.15) is 59.1 Å². The number of nitrogens with one attached hydrogen (secondary N) is 3.